The lowest BCUT2D eigenvalue weighted by atomic mass is 10.2. The highest BCUT2D eigenvalue weighted by Gasteiger charge is 2.14. The van der Waals surface area contributed by atoms with E-state index in [0.717, 1.165) is 0 Å². The fraction of sp³-hybridized carbons (Fsp3) is 0.0714. The van der Waals surface area contributed by atoms with Gasteiger partial charge in [-0.05, 0) is 46.3 Å². The Bertz CT molecular complexity index is 664. The van der Waals surface area contributed by atoms with Gasteiger partial charge in [-0.2, -0.15) is 0 Å². The Morgan fingerprint density at radius 3 is 2.75 bits per heavy atom. The molecule has 0 spiro atoms. The molecule has 0 aliphatic heterocycles. The molecule has 0 aliphatic carbocycles. The van der Waals surface area contributed by atoms with Crippen LogP contribution in [0.25, 0.3) is 0 Å². The molecule has 0 saturated carbocycles. The molecule has 2 rings (SSSR count). The number of amides is 1. The number of hydrogen-bond acceptors (Lipinski definition) is 3. The van der Waals surface area contributed by atoms with Gasteiger partial charge in [-0.15, -0.1) is 12.6 Å². The van der Waals surface area contributed by atoms with Crippen molar-refractivity contribution >= 4 is 40.2 Å². The molecular weight excluding hydrogens is 345 g/mol. The zero-order valence-corrected chi connectivity index (χ0v) is 13.0. The summed E-state index contributed by atoms with van der Waals surface area (Å²) in [5.41, 5.74) is 0.436. The summed E-state index contributed by atoms with van der Waals surface area (Å²) in [6.07, 6.45) is 0. The van der Waals surface area contributed by atoms with Gasteiger partial charge in [0.2, 0.25) is 0 Å². The Hall–Kier alpha value is -1.53. The Morgan fingerprint density at radius 2 is 2.05 bits per heavy atom. The molecular formula is C14H11BrFNO2S. The molecule has 0 unspecified atom stereocenters. The minimum Gasteiger partial charge on any atom is -0.497 e. The number of halogens is 2. The van der Waals surface area contributed by atoms with Gasteiger partial charge in [0.15, 0.2) is 0 Å². The third-order valence-corrected chi connectivity index (χ3v) is 3.59. The van der Waals surface area contributed by atoms with E-state index in [9.17, 15) is 9.18 Å². The number of benzene rings is 2. The van der Waals surface area contributed by atoms with E-state index in [0.29, 0.717) is 20.8 Å². The second kappa shape index (κ2) is 6.28. The number of carbonyl (C=O) groups is 1. The van der Waals surface area contributed by atoms with Crippen LogP contribution in [0.3, 0.4) is 0 Å². The number of ether oxygens (including phenoxy) is 1. The molecule has 0 radical (unpaired) electrons. The third kappa shape index (κ3) is 3.32. The number of methoxy groups -OCH3 is 1. The molecule has 3 nitrogen and oxygen atoms in total. The Kier molecular flexibility index (Phi) is 4.67. The smallest absolute Gasteiger partial charge is 0.258 e. The van der Waals surface area contributed by atoms with Crippen LogP contribution >= 0.6 is 28.6 Å². The van der Waals surface area contributed by atoms with Crippen molar-refractivity contribution in [2.45, 2.75) is 4.90 Å². The van der Waals surface area contributed by atoms with E-state index in [-0.39, 0.29) is 5.56 Å². The van der Waals surface area contributed by atoms with E-state index in [1.54, 1.807) is 18.2 Å². The molecule has 104 valence electrons. The van der Waals surface area contributed by atoms with Gasteiger partial charge in [-0.25, -0.2) is 4.39 Å². The first-order chi connectivity index (χ1) is 9.51. The second-order valence-corrected chi connectivity index (χ2v) is 5.33. The van der Waals surface area contributed by atoms with Crippen molar-refractivity contribution in [1.82, 2.24) is 0 Å². The highest BCUT2D eigenvalue weighted by molar-refractivity contribution is 9.10. The molecule has 0 saturated heterocycles. The summed E-state index contributed by atoms with van der Waals surface area (Å²) in [5, 5.41) is 2.63. The van der Waals surface area contributed by atoms with Gasteiger partial charge in [-0.3, -0.25) is 4.79 Å². The van der Waals surface area contributed by atoms with Crippen molar-refractivity contribution in [2.24, 2.45) is 0 Å². The minimum absolute atomic E-state index is 0.0628. The molecule has 1 amide bonds. The first-order valence-electron chi connectivity index (χ1n) is 5.64. The van der Waals surface area contributed by atoms with E-state index in [1.807, 2.05) is 0 Å². The van der Waals surface area contributed by atoms with E-state index >= 15 is 0 Å². The normalized spacial score (nSPS) is 10.2. The molecule has 0 aromatic heterocycles. The van der Waals surface area contributed by atoms with Crippen LogP contribution < -0.4 is 10.1 Å². The molecule has 0 heterocycles. The van der Waals surface area contributed by atoms with Crippen LogP contribution in [0.1, 0.15) is 10.4 Å². The van der Waals surface area contributed by atoms with Crippen LogP contribution in [-0.2, 0) is 0 Å². The maximum absolute atomic E-state index is 13.6. The molecule has 1 N–H and O–H groups in total. The predicted octanol–water partition coefficient (Wildman–Crippen LogP) is 4.14. The average molecular weight is 356 g/mol. The zero-order valence-electron chi connectivity index (χ0n) is 10.5. The SMILES string of the molecule is COc1ccc(Br)c(NC(=O)c2cc(S)ccc2F)c1. The molecule has 20 heavy (non-hydrogen) atoms. The van der Waals surface area contributed by atoms with Crippen molar-refractivity contribution in [1.29, 1.82) is 0 Å². The van der Waals surface area contributed by atoms with Gasteiger partial charge in [0.25, 0.3) is 5.91 Å². The van der Waals surface area contributed by atoms with Crippen molar-refractivity contribution in [3.8, 4) is 5.75 Å². The van der Waals surface area contributed by atoms with E-state index in [2.05, 4.69) is 33.9 Å². The summed E-state index contributed by atoms with van der Waals surface area (Å²) in [7, 11) is 1.53. The zero-order chi connectivity index (χ0) is 14.7. The van der Waals surface area contributed by atoms with Crippen LogP contribution in [-0.4, -0.2) is 13.0 Å². The van der Waals surface area contributed by atoms with Crippen LogP contribution in [0.15, 0.2) is 45.8 Å². The fourth-order valence-electron chi connectivity index (χ4n) is 1.60. The Balaban J connectivity index is 2.30. The highest BCUT2D eigenvalue weighted by atomic mass is 79.9. The van der Waals surface area contributed by atoms with E-state index < -0.39 is 11.7 Å². The summed E-state index contributed by atoms with van der Waals surface area (Å²) in [6, 6.07) is 9.19. The fourth-order valence-corrected chi connectivity index (χ4v) is 2.15. The lowest BCUT2D eigenvalue weighted by molar-refractivity contribution is 0.102. The summed E-state index contributed by atoms with van der Waals surface area (Å²) in [5.74, 6) is -0.557. The summed E-state index contributed by atoms with van der Waals surface area (Å²) in [6.45, 7) is 0. The van der Waals surface area contributed by atoms with Gasteiger partial charge >= 0.3 is 0 Å². The predicted molar refractivity (Wildman–Crippen MR) is 82.3 cm³/mol. The van der Waals surface area contributed by atoms with Gasteiger partial charge < -0.3 is 10.1 Å². The molecule has 6 heteroatoms. The van der Waals surface area contributed by atoms with Crippen molar-refractivity contribution < 1.29 is 13.9 Å². The summed E-state index contributed by atoms with van der Waals surface area (Å²) in [4.78, 5) is 12.6. The molecule has 0 bridgehead atoms. The van der Waals surface area contributed by atoms with Crippen LogP contribution in [0.5, 0.6) is 5.75 Å². The number of anilines is 1. The largest absolute Gasteiger partial charge is 0.497 e. The number of hydrogen-bond donors (Lipinski definition) is 2. The first-order valence-corrected chi connectivity index (χ1v) is 6.88. The third-order valence-electron chi connectivity index (χ3n) is 2.62. The molecule has 0 aliphatic rings. The van der Waals surface area contributed by atoms with Crippen LogP contribution in [0, 0.1) is 5.82 Å². The number of thiol groups is 1. The maximum atomic E-state index is 13.6. The Morgan fingerprint density at radius 1 is 1.30 bits per heavy atom. The molecule has 0 fully saturated rings. The van der Waals surface area contributed by atoms with Crippen molar-refractivity contribution in [3.05, 3.63) is 52.3 Å². The lowest BCUT2D eigenvalue weighted by Gasteiger charge is -2.10. The number of nitrogens with one attached hydrogen (secondary N) is 1. The monoisotopic (exact) mass is 355 g/mol. The minimum atomic E-state index is -0.598. The quantitative estimate of drug-likeness (QED) is 0.812. The number of carbonyl (C=O) groups excluding carboxylic acids is 1. The second-order valence-electron chi connectivity index (χ2n) is 3.96. The maximum Gasteiger partial charge on any atom is 0.258 e. The molecule has 2 aromatic rings. The van der Waals surface area contributed by atoms with Crippen molar-refractivity contribution in [2.75, 3.05) is 12.4 Å². The van der Waals surface area contributed by atoms with Gasteiger partial charge in [0, 0.05) is 15.4 Å². The topological polar surface area (TPSA) is 38.3 Å². The van der Waals surface area contributed by atoms with Crippen LogP contribution in [0.4, 0.5) is 10.1 Å². The number of rotatable bonds is 3. The summed E-state index contributed by atoms with van der Waals surface area (Å²) < 4.78 is 19.4. The molecule has 0 atom stereocenters. The van der Waals surface area contributed by atoms with Gasteiger partial charge in [0.05, 0.1) is 18.4 Å². The Labute approximate surface area is 129 Å². The van der Waals surface area contributed by atoms with Gasteiger partial charge in [-0.1, -0.05) is 0 Å². The first kappa shape index (κ1) is 14.9. The van der Waals surface area contributed by atoms with Crippen LogP contribution in [0.2, 0.25) is 0 Å². The lowest BCUT2D eigenvalue weighted by Crippen LogP contribution is -2.14. The average Bonchev–Trinajstić information content (AvgIpc) is 2.43. The summed E-state index contributed by atoms with van der Waals surface area (Å²) >= 11 is 7.41. The van der Waals surface area contributed by atoms with Gasteiger partial charge in [0.1, 0.15) is 11.6 Å². The van der Waals surface area contributed by atoms with Crippen molar-refractivity contribution in [3.63, 3.8) is 0 Å². The van der Waals surface area contributed by atoms with E-state index in [1.165, 1.54) is 25.3 Å². The standard InChI is InChI=1S/C14H11BrFNO2S/c1-19-8-2-4-11(15)13(6-8)17-14(18)10-7-9(20)3-5-12(10)16/h2-7,20H,1H3,(H,17,18). The highest BCUT2D eigenvalue weighted by Crippen LogP contribution is 2.28. The van der Waals surface area contributed by atoms with E-state index in [4.69, 9.17) is 4.74 Å². The molecule has 2 aromatic carbocycles.